The molecule has 1 aliphatic heterocycles. The first kappa shape index (κ1) is 26.6. The smallest absolute Gasteiger partial charge is 0.406 e. The van der Waals surface area contributed by atoms with Crippen LogP contribution in [0.15, 0.2) is 65.3 Å². The lowest BCUT2D eigenvalue weighted by molar-refractivity contribution is -0.274. The van der Waals surface area contributed by atoms with Gasteiger partial charge in [0.1, 0.15) is 12.3 Å². The number of alkyl halides is 6. The lowest BCUT2D eigenvalue weighted by Gasteiger charge is -2.42. The Kier molecular flexibility index (Phi) is 7.60. The van der Waals surface area contributed by atoms with Crippen molar-refractivity contribution in [2.75, 3.05) is 18.9 Å². The average molecular weight is 514 g/mol. The second-order valence-corrected chi connectivity index (χ2v) is 7.68. The Morgan fingerprint density at radius 3 is 2.44 bits per heavy atom. The van der Waals surface area contributed by atoms with E-state index < -0.39 is 48.6 Å². The number of halogens is 6. The molecule has 192 valence electrons. The van der Waals surface area contributed by atoms with Gasteiger partial charge in [0.25, 0.3) is 5.91 Å². The van der Waals surface area contributed by atoms with E-state index in [1.54, 1.807) is 0 Å². The van der Waals surface area contributed by atoms with Crippen molar-refractivity contribution in [3.05, 3.63) is 71.4 Å². The standard InChI is InChI=1S/C23H20F6N4O3/c1-31-11-13(10-30)19-18(20(34)32-14-5-4-6-15(9-14)36-23(27,28)29)16-7-2-3-8-17(16)21(35)33(19)12-22(24,25)26/h2-11,18-19H,12,30H2,1H3,(H,32,34)/t18-,19+/m1/s1. The third-order valence-electron chi connectivity index (χ3n) is 5.22. The van der Waals surface area contributed by atoms with Gasteiger partial charge in [-0.15, -0.1) is 13.2 Å². The van der Waals surface area contributed by atoms with Gasteiger partial charge in [-0.2, -0.15) is 13.2 Å². The maximum Gasteiger partial charge on any atom is 0.573 e. The van der Waals surface area contributed by atoms with Gasteiger partial charge in [0, 0.05) is 42.4 Å². The third kappa shape index (κ3) is 6.15. The number of benzene rings is 2. The van der Waals surface area contributed by atoms with E-state index in [2.05, 4.69) is 15.0 Å². The number of carbonyl (C=O) groups excluding carboxylic acids is 2. The van der Waals surface area contributed by atoms with Crippen LogP contribution in [0.1, 0.15) is 21.8 Å². The first-order valence-electron chi connectivity index (χ1n) is 10.3. The van der Waals surface area contributed by atoms with Crippen LogP contribution < -0.4 is 15.8 Å². The predicted octanol–water partition coefficient (Wildman–Crippen LogP) is 4.24. The number of rotatable bonds is 6. The van der Waals surface area contributed by atoms with E-state index >= 15 is 0 Å². The van der Waals surface area contributed by atoms with Crippen molar-refractivity contribution in [1.82, 2.24) is 4.90 Å². The molecule has 0 saturated heterocycles. The predicted molar refractivity (Wildman–Crippen MR) is 119 cm³/mol. The van der Waals surface area contributed by atoms with Crippen molar-refractivity contribution in [3.8, 4) is 5.75 Å². The number of fused-ring (bicyclic) bond motifs is 1. The highest BCUT2D eigenvalue weighted by Gasteiger charge is 2.48. The fourth-order valence-corrected chi connectivity index (χ4v) is 3.97. The molecule has 0 radical (unpaired) electrons. The molecule has 2 atom stereocenters. The number of nitrogens with zero attached hydrogens (tertiary/aromatic N) is 2. The molecule has 0 fully saturated rings. The normalized spacial score (nSPS) is 18.8. The minimum Gasteiger partial charge on any atom is -0.406 e. The summed E-state index contributed by atoms with van der Waals surface area (Å²) in [6, 6.07) is 8.50. The summed E-state index contributed by atoms with van der Waals surface area (Å²) >= 11 is 0. The van der Waals surface area contributed by atoms with Crippen LogP contribution in [-0.2, 0) is 4.79 Å². The van der Waals surface area contributed by atoms with Gasteiger partial charge in [-0.3, -0.25) is 14.6 Å². The maximum absolute atomic E-state index is 13.5. The first-order valence-corrected chi connectivity index (χ1v) is 10.3. The third-order valence-corrected chi connectivity index (χ3v) is 5.22. The highest BCUT2D eigenvalue weighted by atomic mass is 19.4. The van der Waals surface area contributed by atoms with E-state index in [1.165, 1.54) is 43.4 Å². The van der Waals surface area contributed by atoms with Crippen molar-refractivity contribution in [2.24, 2.45) is 10.7 Å². The van der Waals surface area contributed by atoms with Gasteiger partial charge in [0.15, 0.2) is 0 Å². The van der Waals surface area contributed by atoms with Crippen LogP contribution in [-0.4, -0.2) is 55.1 Å². The van der Waals surface area contributed by atoms with Crippen LogP contribution in [0, 0.1) is 0 Å². The zero-order valence-corrected chi connectivity index (χ0v) is 18.6. The number of nitrogens with two attached hydrogens (primary N) is 1. The summed E-state index contributed by atoms with van der Waals surface area (Å²) in [5, 5.41) is 2.41. The molecule has 0 bridgehead atoms. The number of hydrogen-bond donors (Lipinski definition) is 2. The summed E-state index contributed by atoms with van der Waals surface area (Å²) < 4.78 is 82.1. The van der Waals surface area contributed by atoms with Gasteiger partial charge in [-0.05, 0) is 23.8 Å². The molecule has 0 unspecified atom stereocenters. The summed E-state index contributed by atoms with van der Waals surface area (Å²) in [7, 11) is 1.33. The van der Waals surface area contributed by atoms with E-state index in [1.807, 2.05) is 0 Å². The molecule has 2 aromatic carbocycles. The maximum atomic E-state index is 13.5. The number of aliphatic imine (C=N–C) groups is 1. The number of hydrogen-bond acceptors (Lipinski definition) is 5. The van der Waals surface area contributed by atoms with Crippen LogP contribution >= 0.6 is 0 Å². The fourth-order valence-electron chi connectivity index (χ4n) is 3.97. The van der Waals surface area contributed by atoms with Gasteiger partial charge >= 0.3 is 12.5 Å². The van der Waals surface area contributed by atoms with Crippen molar-refractivity contribution in [2.45, 2.75) is 24.5 Å². The van der Waals surface area contributed by atoms with Gasteiger partial charge in [0.2, 0.25) is 5.91 Å². The Bertz CT molecular complexity index is 1190. The zero-order chi connectivity index (χ0) is 26.7. The molecule has 36 heavy (non-hydrogen) atoms. The summed E-state index contributed by atoms with van der Waals surface area (Å²) in [5.74, 6) is -3.89. The number of nitrogens with one attached hydrogen (secondary N) is 1. The van der Waals surface area contributed by atoms with Crippen molar-refractivity contribution in [1.29, 1.82) is 0 Å². The molecule has 7 nitrogen and oxygen atoms in total. The molecule has 3 rings (SSSR count). The van der Waals surface area contributed by atoms with Crippen molar-refractivity contribution < 1.29 is 40.7 Å². The lowest BCUT2D eigenvalue weighted by Crippen LogP contribution is -2.55. The van der Waals surface area contributed by atoms with Crippen LogP contribution in [0.4, 0.5) is 32.0 Å². The molecule has 0 aromatic heterocycles. The van der Waals surface area contributed by atoms with Crippen LogP contribution in [0.3, 0.4) is 0 Å². The largest absolute Gasteiger partial charge is 0.573 e. The summed E-state index contributed by atoms with van der Waals surface area (Å²) in [5.41, 5.74) is 5.49. The topological polar surface area (TPSA) is 97.0 Å². The van der Waals surface area contributed by atoms with Crippen LogP contribution in [0.2, 0.25) is 0 Å². The van der Waals surface area contributed by atoms with E-state index in [0.29, 0.717) is 4.90 Å². The van der Waals surface area contributed by atoms with E-state index in [-0.39, 0.29) is 22.4 Å². The highest BCUT2D eigenvalue weighted by Crippen LogP contribution is 2.39. The molecule has 0 aliphatic carbocycles. The SMILES string of the molecule is CN=CC(=CN)[C@H]1[C@H](C(=O)Nc2cccc(OC(F)(F)F)c2)c2ccccc2C(=O)N1CC(F)(F)F. The Labute approximate surface area is 201 Å². The minimum atomic E-state index is -4.98. The zero-order valence-electron chi connectivity index (χ0n) is 18.6. The van der Waals surface area contributed by atoms with E-state index in [4.69, 9.17) is 5.73 Å². The van der Waals surface area contributed by atoms with Crippen molar-refractivity contribution >= 4 is 23.7 Å². The molecule has 2 aromatic rings. The number of carbonyl (C=O) groups is 2. The molecule has 3 N–H and O–H groups in total. The number of anilines is 1. The Balaban J connectivity index is 2.10. The van der Waals surface area contributed by atoms with E-state index in [0.717, 1.165) is 24.5 Å². The Morgan fingerprint density at radius 2 is 1.83 bits per heavy atom. The second-order valence-electron chi connectivity index (χ2n) is 7.68. The monoisotopic (exact) mass is 514 g/mol. The first-order chi connectivity index (χ1) is 16.8. The van der Waals surface area contributed by atoms with Gasteiger partial charge in [-0.25, -0.2) is 0 Å². The molecule has 1 aliphatic rings. The highest BCUT2D eigenvalue weighted by molar-refractivity contribution is 6.06. The quantitative estimate of drug-likeness (QED) is 0.445. The van der Waals surface area contributed by atoms with E-state index in [9.17, 15) is 35.9 Å². The molecular formula is C23H20F6N4O3. The molecule has 2 amide bonds. The molecule has 13 heteroatoms. The summed E-state index contributed by atoms with van der Waals surface area (Å²) in [4.78, 5) is 30.8. The average Bonchev–Trinajstić information content (AvgIpc) is 2.77. The number of ether oxygens (including phenoxy) is 1. The Hall–Kier alpha value is -4.03. The molecule has 0 spiro atoms. The van der Waals surface area contributed by atoms with Gasteiger partial charge in [0.05, 0.1) is 12.0 Å². The summed E-state index contributed by atoms with van der Waals surface area (Å²) in [6.45, 7) is -1.68. The summed E-state index contributed by atoms with van der Waals surface area (Å²) in [6.07, 6.45) is -7.71. The lowest BCUT2D eigenvalue weighted by atomic mass is 9.79. The van der Waals surface area contributed by atoms with Crippen LogP contribution in [0.5, 0.6) is 5.75 Å². The van der Waals surface area contributed by atoms with Gasteiger partial charge < -0.3 is 20.7 Å². The molecule has 0 saturated carbocycles. The Morgan fingerprint density at radius 1 is 1.14 bits per heavy atom. The minimum absolute atomic E-state index is 0.0427. The van der Waals surface area contributed by atoms with Crippen LogP contribution in [0.25, 0.3) is 0 Å². The van der Waals surface area contributed by atoms with Crippen molar-refractivity contribution in [3.63, 3.8) is 0 Å². The second kappa shape index (κ2) is 10.3. The van der Waals surface area contributed by atoms with Gasteiger partial charge in [-0.1, -0.05) is 24.3 Å². The molecule has 1 heterocycles. The molecular weight excluding hydrogens is 494 g/mol. The number of amides is 2. The fraction of sp³-hybridized carbons (Fsp3) is 0.261.